The third kappa shape index (κ3) is 4.35. The van der Waals surface area contributed by atoms with Crippen molar-refractivity contribution in [2.75, 3.05) is 29.9 Å². The topological polar surface area (TPSA) is 56.7 Å². The van der Waals surface area contributed by atoms with Crippen LogP contribution in [0.15, 0.2) is 59.9 Å². The largest absolute Gasteiger partial charge is 0.372 e. The number of nitrogens with one attached hydrogen (secondary N) is 1. The number of aryl methyl sites for hydroxylation is 1. The normalized spacial score (nSPS) is 18.9. The number of pyridine rings is 2. The minimum atomic E-state index is -0.233. The number of anilines is 2. The van der Waals surface area contributed by atoms with Gasteiger partial charge in [0.15, 0.2) is 5.82 Å². The molecule has 2 aliphatic heterocycles. The second-order valence-corrected chi connectivity index (χ2v) is 7.78. The van der Waals surface area contributed by atoms with E-state index in [-0.39, 0.29) is 18.3 Å². The van der Waals surface area contributed by atoms with E-state index < -0.39 is 0 Å². The SMILES string of the molecule is C=C(NC1C=NC=C(F)C1)N1CCCCN(C)c2ccc(-c3ccc(C)nc3)nc21. The van der Waals surface area contributed by atoms with Crippen molar-refractivity contribution in [2.45, 2.75) is 32.2 Å². The van der Waals surface area contributed by atoms with Crippen molar-refractivity contribution in [3.8, 4) is 11.3 Å². The van der Waals surface area contributed by atoms with Gasteiger partial charge in [0.25, 0.3) is 0 Å². The van der Waals surface area contributed by atoms with E-state index in [1.165, 1.54) is 6.20 Å². The molecule has 0 aliphatic carbocycles. The number of nitrogens with zero attached hydrogens (tertiary/aromatic N) is 5. The number of fused-ring (bicyclic) bond motifs is 1. The molecule has 4 heterocycles. The molecule has 0 fully saturated rings. The Morgan fingerprint density at radius 1 is 1.20 bits per heavy atom. The number of aromatic nitrogens is 2. The first-order valence-electron chi connectivity index (χ1n) is 10.3. The fourth-order valence-electron chi connectivity index (χ4n) is 3.75. The van der Waals surface area contributed by atoms with Gasteiger partial charge in [-0.2, -0.15) is 0 Å². The Balaban J connectivity index is 1.67. The number of halogens is 1. The molecule has 2 aromatic rings. The highest BCUT2D eigenvalue weighted by molar-refractivity contribution is 5.74. The van der Waals surface area contributed by atoms with Crippen LogP contribution in [-0.2, 0) is 0 Å². The lowest BCUT2D eigenvalue weighted by atomic mass is 10.1. The third-order valence-corrected chi connectivity index (χ3v) is 5.43. The molecule has 4 rings (SSSR count). The Bertz CT molecular complexity index is 982. The van der Waals surface area contributed by atoms with Gasteiger partial charge < -0.3 is 15.1 Å². The van der Waals surface area contributed by atoms with Gasteiger partial charge >= 0.3 is 0 Å². The molecule has 0 spiro atoms. The van der Waals surface area contributed by atoms with Crippen LogP contribution in [0.1, 0.15) is 25.0 Å². The highest BCUT2D eigenvalue weighted by Gasteiger charge is 2.23. The van der Waals surface area contributed by atoms with E-state index in [4.69, 9.17) is 4.98 Å². The number of aliphatic imine (C=N–C) groups is 1. The zero-order valence-electron chi connectivity index (χ0n) is 17.5. The summed E-state index contributed by atoms with van der Waals surface area (Å²) in [7, 11) is 2.08. The van der Waals surface area contributed by atoms with Crippen LogP contribution < -0.4 is 15.1 Å². The maximum atomic E-state index is 13.6. The fourth-order valence-corrected chi connectivity index (χ4v) is 3.75. The standard InChI is InChI=1S/C23H27FN6/c1-16-6-7-18(13-26-16)21-8-9-22-23(28-21)30(11-5-4-10-29(22)3)17(2)27-20-12-19(24)14-25-15-20/h6-9,13-15,20,27H,2,4-5,10-12H2,1,3H3. The summed E-state index contributed by atoms with van der Waals surface area (Å²) in [5.41, 5.74) is 3.85. The van der Waals surface area contributed by atoms with Crippen LogP contribution in [0.5, 0.6) is 0 Å². The van der Waals surface area contributed by atoms with Gasteiger partial charge in [0, 0.05) is 50.2 Å². The van der Waals surface area contributed by atoms with Crippen molar-refractivity contribution >= 4 is 17.7 Å². The molecular formula is C23H27FN6. The first kappa shape index (κ1) is 20.1. The molecule has 1 N–H and O–H groups in total. The van der Waals surface area contributed by atoms with Crippen LogP contribution >= 0.6 is 0 Å². The van der Waals surface area contributed by atoms with Crippen molar-refractivity contribution in [3.05, 3.63) is 60.6 Å². The summed E-state index contributed by atoms with van der Waals surface area (Å²) in [6.07, 6.45) is 7.17. The van der Waals surface area contributed by atoms with Crippen molar-refractivity contribution in [1.29, 1.82) is 0 Å². The van der Waals surface area contributed by atoms with E-state index in [9.17, 15) is 4.39 Å². The highest BCUT2D eigenvalue weighted by Crippen LogP contribution is 2.33. The van der Waals surface area contributed by atoms with Gasteiger partial charge in [0.1, 0.15) is 11.6 Å². The van der Waals surface area contributed by atoms with E-state index in [0.29, 0.717) is 5.82 Å². The molecule has 6 nitrogen and oxygen atoms in total. The summed E-state index contributed by atoms with van der Waals surface area (Å²) in [6, 6.07) is 7.94. The second kappa shape index (κ2) is 8.65. The van der Waals surface area contributed by atoms with Crippen molar-refractivity contribution in [1.82, 2.24) is 15.3 Å². The molecule has 0 aromatic carbocycles. The molecule has 2 aliphatic rings. The number of rotatable bonds is 4. The zero-order valence-corrected chi connectivity index (χ0v) is 17.5. The van der Waals surface area contributed by atoms with Crippen molar-refractivity contribution in [3.63, 3.8) is 0 Å². The molecule has 0 amide bonds. The van der Waals surface area contributed by atoms with Crippen LogP contribution in [-0.4, -0.2) is 42.4 Å². The maximum Gasteiger partial charge on any atom is 0.158 e. The van der Waals surface area contributed by atoms with E-state index >= 15 is 0 Å². The molecule has 0 saturated heterocycles. The summed E-state index contributed by atoms with van der Waals surface area (Å²) in [6.45, 7) is 7.98. The molecule has 1 atom stereocenters. The minimum absolute atomic E-state index is 0.224. The number of hydrogen-bond acceptors (Lipinski definition) is 6. The Morgan fingerprint density at radius 2 is 2.03 bits per heavy atom. The third-order valence-electron chi connectivity index (χ3n) is 5.43. The second-order valence-electron chi connectivity index (χ2n) is 7.78. The Kier molecular flexibility index (Phi) is 5.79. The smallest absolute Gasteiger partial charge is 0.158 e. The van der Waals surface area contributed by atoms with Crippen molar-refractivity contribution in [2.24, 2.45) is 4.99 Å². The van der Waals surface area contributed by atoms with Gasteiger partial charge in [-0.05, 0) is 44.0 Å². The quantitative estimate of drug-likeness (QED) is 0.825. The average molecular weight is 407 g/mol. The first-order chi connectivity index (χ1) is 14.5. The minimum Gasteiger partial charge on any atom is -0.372 e. The average Bonchev–Trinajstić information content (AvgIpc) is 2.72. The van der Waals surface area contributed by atoms with Crippen LogP contribution in [0.3, 0.4) is 0 Å². The van der Waals surface area contributed by atoms with Gasteiger partial charge in [-0.1, -0.05) is 6.58 Å². The molecule has 0 bridgehead atoms. The van der Waals surface area contributed by atoms with Crippen molar-refractivity contribution < 1.29 is 4.39 Å². The predicted octanol–water partition coefficient (Wildman–Crippen LogP) is 4.20. The molecule has 30 heavy (non-hydrogen) atoms. The Hall–Kier alpha value is -3.22. The van der Waals surface area contributed by atoms with Gasteiger partial charge in [0.05, 0.1) is 23.6 Å². The summed E-state index contributed by atoms with van der Waals surface area (Å²) in [4.78, 5) is 17.7. The van der Waals surface area contributed by atoms with Crippen LogP contribution in [0.4, 0.5) is 15.9 Å². The van der Waals surface area contributed by atoms with E-state index in [1.54, 1.807) is 6.21 Å². The summed E-state index contributed by atoms with van der Waals surface area (Å²) < 4.78 is 13.6. The molecule has 0 saturated carbocycles. The molecule has 156 valence electrons. The van der Waals surface area contributed by atoms with E-state index in [1.807, 2.05) is 31.3 Å². The Labute approximate surface area is 176 Å². The molecule has 2 aromatic heterocycles. The van der Waals surface area contributed by atoms with E-state index in [2.05, 4.69) is 44.8 Å². The summed E-state index contributed by atoms with van der Waals surface area (Å²) >= 11 is 0. The predicted molar refractivity (Wildman–Crippen MR) is 120 cm³/mol. The monoisotopic (exact) mass is 406 g/mol. The van der Waals surface area contributed by atoms with E-state index in [0.717, 1.165) is 54.4 Å². The summed E-state index contributed by atoms with van der Waals surface area (Å²) in [5, 5.41) is 3.32. The zero-order chi connectivity index (χ0) is 21.1. The lowest BCUT2D eigenvalue weighted by Crippen LogP contribution is -2.41. The van der Waals surface area contributed by atoms with Crippen LogP contribution in [0.25, 0.3) is 11.3 Å². The lowest BCUT2D eigenvalue weighted by Gasteiger charge is -2.35. The molecule has 1 unspecified atom stereocenters. The van der Waals surface area contributed by atoms with Gasteiger partial charge in [-0.15, -0.1) is 0 Å². The molecule has 0 radical (unpaired) electrons. The van der Waals surface area contributed by atoms with Gasteiger partial charge in [0.2, 0.25) is 0 Å². The molecule has 7 heteroatoms. The van der Waals surface area contributed by atoms with Gasteiger partial charge in [-0.25, -0.2) is 9.37 Å². The summed E-state index contributed by atoms with van der Waals surface area (Å²) in [5.74, 6) is 1.31. The van der Waals surface area contributed by atoms with Gasteiger partial charge in [-0.3, -0.25) is 9.98 Å². The molecular weight excluding hydrogens is 379 g/mol. The fraction of sp³-hybridized carbons (Fsp3) is 0.348. The highest BCUT2D eigenvalue weighted by atomic mass is 19.1. The van der Waals surface area contributed by atoms with Crippen LogP contribution in [0.2, 0.25) is 0 Å². The number of hydrogen-bond donors (Lipinski definition) is 1. The lowest BCUT2D eigenvalue weighted by molar-refractivity contribution is 0.537. The Morgan fingerprint density at radius 3 is 2.80 bits per heavy atom. The maximum absolute atomic E-state index is 13.6. The van der Waals surface area contributed by atoms with Crippen LogP contribution in [0, 0.1) is 6.92 Å². The first-order valence-corrected chi connectivity index (χ1v) is 10.3.